The standard InChI is InChI=1S/C24H28N4O2/c1-24(2,3)30-23(29)28-16-14-19(15-17-28)22(26-20-12-8-5-9-13-20)27-21(25)18-10-6-4-7-11-18/h4-14H,15-17H2,1-3H3,(H2,25,26,27). The van der Waals surface area contributed by atoms with Crippen LogP contribution in [0, 0.1) is 0 Å². The van der Waals surface area contributed by atoms with Crippen molar-refractivity contribution >= 4 is 23.5 Å². The van der Waals surface area contributed by atoms with Crippen LogP contribution >= 0.6 is 0 Å². The molecule has 6 heteroatoms. The Balaban J connectivity index is 1.86. The first kappa shape index (κ1) is 21.3. The summed E-state index contributed by atoms with van der Waals surface area (Å²) >= 11 is 0. The van der Waals surface area contributed by atoms with Crippen LogP contribution in [0.25, 0.3) is 0 Å². The summed E-state index contributed by atoms with van der Waals surface area (Å²) in [4.78, 5) is 23.4. The highest BCUT2D eigenvalue weighted by atomic mass is 16.6. The van der Waals surface area contributed by atoms with Crippen LogP contribution in [0.15, 0.2) is 82.3 Å². The van der Waals surface area contributed by atoms with Crippen LogP contribution in [0.2, 0.25) is 0 Å². The number of ether oxygens (including phenoxy) is 1. The van der Waals surface area contributed by atoms with Crippen LogP contribution in [0.5, 0.6) is 0 Å². The molecule has 0 aliphatic carbocycles. The smallest absolute Gasteiger partial charge is 0.410 e. The maximum atomic E-state index is 12.3. The molecule has 0 bridgehead atoms. The van der Waals surface area contributed by atoms with E-state index in [0.717, 1.165) is 16.8 Å². The zero-order chi connectivity index (χ0) is 21.6. The largest absolute Gasteiger partial charge is 0.444 e. The van der Waals surface area contributed by atoms with E-state index in [1.165, 1.54) is 0 Å². The Kier molecular flexibility index (Phi) is 6.67. The summed E-state index contributed by atoms with van der Waals surface area (Å²) < 4.78 is 5.47. The molecule has 156 valence electrons. The number of amidine groups is 2. The number of hydrogen-bond acceptors (Lipinski definition) is 3. The molecule has 2 aromatic carbocycles. The number of nitrogens with zero attached hydrogens (tertiary/aromatic N) is 3. The molecule has 0 radical (unpaired) electrons. The van der Waals surface area contributed by atoms with Gasteiger partial charge in [-0.1, -0.05) is 54.6 Å². The third-order valence-electron chi connectivity index (χ3n) is 4.44. The number of rotatable bonds is 3. The van der Waals surface area contributed by atoms with Gasteiger partial charge in [0, 0.05) is 18.7 Å². The molecule has 0 saturated carbocycles. The minimum Gasteiger partial charge on any atom is -0.444 e. The van der Waals surface area contributed by atoms with Gasteiger partial charge in [0.15, 0.2) is 5.84 Å². The number of benzene rings is 2. The average molecular weight is 405 g/mol. The summed E-state index contributed by atoms with van der Waals surface area (Å²) in [6.07, 6.45) is 2.28. The summed E-state index contributed by atoms with van der Waals surface area (Å²) in [5.41, 5.74) is 8.33. The van der Waals surface area contributed by atoms with Gasteiger partial charge in [-0.2, -0.15) is 0 Å². The van der Waals surface area contributed by atoms with Gasteiger partial charge in [0.05, 0.1) is 5.69 Å². The Bertz CT molecular complexity index is 958. The summed E-state index contributed by atoms with van der Waals surface area (Å²) in [5.74, 6) is 0.965. The van der Waals surface area contributed by atoms with Gasteiger partial charge >= 0.3 is 6.09 Å². The van der Waals surface area contributed by atoms with Crippen molar-refractivity contribution in [3.8, 4) is 0 Å². The van der Waals surface area contributed by atoms with E-state index in [9.17, 15) is 4.79 Å². The molecule has 0 atom stereocenters. The second-order valence-electron chi connectivity index (χ2n) is 8.04. The summed E-state index contributed by atoms with van der Waals surface area (Å²) in [7, 11) is 0. The molecule has 2 N–H and O–H groups in total. The molecule has 3 rings (SSSR count). The van der Waals surface area contributed by atoms with Gasteiger partial charge in [-0.05, 0) is 44.9 Å². The number of para-hydroxylation sites is 1. The third-order valence-corrected chi connectivity index (χ3v) is 4.44. The third kappa shape index (κ3) is 6.04. The SMILES string of the molecule is CC(C)(C)OC(=O)N1CC=C(C(=Nc2ccccc2)N=C(N)c2ccccc2)CC1. The molecule has 30 heavy (non-hydrogen) atoms. The van der Waals surface area contributed by atoms with Gasteiger partial charge in [-0.3, -0.25) is 0 Å². The molecule has 0 fully saturated rings. The first-order chi connectivity index (χ1) is 14.3. The van der Waals surface area contributed by atoms with Crippen molar-refractivity contribution in [2.24, 2.45) is 15.7 Å². The fourth-order valence-electron chi connectivity index (χ4n) is 2.95. The zero-order valence-electron chi connectivity index (χ0n) is 17.7. The van der Waals surface area contributed by atoms with E-state index < -0.39 is 5.60 Å². The lowest BCUT2D eigenvalue weighted by molar-refractivity contribution is 0.0267. The normalized spacial score (nSPS) is 15.6. The molecule has 1 aliphatic heterocycles. The van der Waals surface area contributed by atoms with Crippen LogP contribution in [-0.4, -0.2) is 41.4 Å². The number of amides is 1. The Morgan fingerprint density at radius 2 is 1.67 bits per heavy atom. The fourth-order valence-corrected chi connectivity index (χ4v) is 2.95. The Labute approximate surface area is 177 Å². The van der Waals surface area contributed by atoms with Crippen molar-refractivity contribution in [1.29, 1.82) is 0 Å². The zero-order valence-corrected chi connectivity index (χ0v) is 17.7. The van der Waals surface area contributed by atoms with Gasteiger partial charge in [-0.15, -0.1) is 0 Å². The lowest BCUT2D eigenvalue weighted by atomic mass is 10.1. The first-order valence-electron chi connectivity index (χ1n) is 10.0. The van der Waals surface area contributed by atoms with E-state index >= 15 is 0 Å². The van der Waals surface area contributed by atoms with Gasteiger partial charge < -0.3 is 15.4 Å². The highest BCUT2D eigenvalue weighted by Crippen LogP contribution is 2.20. The van der Waals surface area contributed by atoms with Gasteiger partial charge in [0.1, 0.15) is 11.4 Å². The van der Waals surface area contributed by atoms with E-state index in [4.69, 9.17) is 15.5 Å². The summed E-state index contributed by atoms with van der Waals surface area (Å²) in [6.45, 7) is 6.57. The second-order valence-corrected chi connectivity index (χ2v) is 8.04. The molecule has 6 nitrogen and oxygen atoms in total. The molecule has 0 aromatic heterocycles. The molecule has 1 aliphatic rings. The molecular weight excluding hydrogens is 376 g/mol. The van der Waals surface area contributed by atoms with Crippen molar-refractivity contribution in [2.45, 2.75) is 32.8 Å². The molecule has 0 spiro atoms. The topological polar surface area (TPSA) is 80.3 Å². The van der Waals surface area contributed by atoms with Gasteiger partial charge in [0.25, 0.3) is 0 Å². The predicted octanol–water partition coefficient (Wildman–Crippen LogP) is 4.69. The van der Waals surface area contributed by atoms with E-state index in [1.807, 2.05) is 87.5 Å². The number of carbonyl (C=O) groups excluding carboxylic acids is 1. The Morgan fingerprint density at radius 1 is 1.03 bits per heavy atom. The molecule has 0 saturated heterocycles. The minimum absolute atomic E-state index is 0.313. The van der Waals surface area contributed by atoms with Crippen LogP contribution < -0.4 is 5.73 Å². The van der Waals surface area contributed by atoms with Crippen LogP contribution in [0.1, 0.15) is 32.8 Å². The number of nitrogens with two attached hydrogens (primary N) is 1. The maximum Gasteiger partial charge on any atom is 0.410 e. The van der Waals surface area contributed by atoms with E-state index in [0.29, 0.717) is 31.2 Å². The first-order valence-corrected chi connectivity index (χ1v) is 10.0. The van der Waals surface area contributed by atoms with E-state index in [2.05, 4.69) is 4.99 Å². The predicted molar refractivity (Wildman–Crippen MR) is 121 cm³/mol. The van der Waals surface area contributed by atoms with Gasteiger partial charge in [0.2, 0.25) is 0 Å². The Morgan fingerprint density at radius 3 is 2.23 bits per heavy atom. The maximum absolute atomic E-state index is 12.3. The summed E-state index contributed by atoms with van der Waals surface area (Å²) in [5, 5.41) is 0. The van der Waals surface area contributed by atoms with Crippen LogP contribution in [-0.2, 0) is 4.74 Å². The molecule has 0 unspecified atom stereocenters. The van der Waals surface area contributed by atoms with Crippen molar-refractivity contribution in [1.82, 2.24) is 4.90 Å². The molecular formula is C24H28N4O2. The van der Waals surface area contributed by atoms with Crippen LogP contribution in [0.4, 0.5) is 10.5 Å². The Hall–Kier alpha value is -3.41. The number of hydrogen-bond donors (Lipinski definition) is 1. The monoisotopic (exact) mass is 404 g/mol. The van der Waals surface area contributed by atoms with Crippen molar-refractivity contribution in [3.63, 3.8) is 0 Å². The van der Waals surface area contributed by atoms with E-state index in [-0.39, 0.29) is 6.09 Å². The summed E-state index contributed by atoms with van der Waals surface area (Å²) in [6, 6.07) is 19.3. The minimum atomic E-state index is -0.518. The van der Waals surface area contributed by atoms with Crippen molar-refractivity contribution in [2.75, 3.05) is 13.1 Å². The molecule has 1 amide bonds. The lowest BCUT2D eigenvalue weighted by Crippen LogP contribution is -2.39. The quantitative estimate of drug-likeness (QED) is 0.595. The van der Waals surface area contributed by atoms with Crippen molar-refractivity contribution < 1.29 is 9.53 Å². The highest BCUT2D eigenvalue weighted by Gasteiger charge is 2.24. The molecule has 2 aromatic rings. The average Bonchev–Trinajstić information content (AvgIpc) is 2.73. The van der Waals surface area contributed by atoms with Gasteiger partial charge in [-0.25, -0.2) is 14.8 Å². The van der Waals surface area contributed by atoms with E-state index in [1.54, 1.807) is 4.90 Å². The number of carbonyl (C=O) groups is 1. The highest BCUT2D eigenvalue weighted by molar-refractivity contribution is 6.11. The lowest BCUT2D eigenvalue weighted by Gasteiger charge is -2.29. The van der Waals surface area contributed by atoms with Crippen LogP contribution in [0.3, 0.4) is 0 Å². The van der Waals surface area contributed by atoms with Crippen molar-refractivity contribution in [3.05, 3.63) is 77.9 Å². The second kappa shape index (κ2) is 9.39. The molecule has 1 heterocycles. The fraction of sp³-hybridized carbons (Fsp3) is 0.292. The number of aliphatic imine (C=N–C) groups is 2.